The van der Waals surface area contributed by atoms with Crippen molar-refractivity contribution in [1.82, 2.24) is 4.57 Å². The lowest BCUT2D eigenvalue weighted by atomic mass is 9.82. The van der Waals surface area contributed by atoms with Gasteiger partial charge in [0.25, 0.3) is 0 Å². The van der Waals surface area contributed by atoms with E-state index in [4.69, 9.17) is 0 Å². The maximum Gasteiger partial charge on any atom is 0.0547 e. The van der Waals surface area contributed by atoms with Gasteiger partial charge in [-0.3, -0.25) is 0 Å². The first kappa shape index (κ1) is 26.2. The summed E-state index contributed by atoms with van der Waals surface area (Å²) in [5.74, 6) is 0. The van der Waals surface area contributed by atoms with E-state index >= 15 is 0 Å². The number of benzene rings is 8. The molecule has 0 amide bonds. The summed E-state index contributed by atoms with van der Waals surface area (Å²) in [5.41, 5.74) is 17.1. The molecule has 0 atom stereocenters. The number of hydrogen-bond donors (Lipinski definition) is 0. The lowest BCUT2D eigenvalue weighted by molar-refractivity contribution is 0.661. The summed E-state index contributed by atoms with van der Waals surface area (Å²) in [6, 6.07) is 56.7. The van der Waals surface area contributed by atoms with Crippen LogP contribution in [0.25, 0.3) is 93.5 Å². The molecule has 48 heavy (non-hydrogen) atoms. The minimum atomic E-state index is -0.0430. The van der Waals surface area contributed by atoms with E-state index < -0.39 is 0 Å². The molecule has 2 aliphatic rings. The zero-order valence-electron chi connectivity index (χ0n) is 26.9. The summed E-state index contributed by atoms with van der Waals surface area (Å²) in [6.07, 6.45) is 0. The van der Waals surface area contributed by atoms with Crippen LogP contribution in [-0.2, 0) is 5.41 Å². The first-order valence-corrected chi connectivity index (χ1v) is 17.0. The van der Waals surface area contributed by atoms with E-state index in [9.17, 15) is 0 Å². The van der Waals surface area contributed by atoms with Crippen LogP contribution in [0.5, 0.6) is 0 Å². The lowest BCUT2D eigenvalue weighted by Gasteiger charge is -2.21. The Morgan fingerprint density at radius 1 is 0.354 bits per heavy atom. The van der Waals surface area contributed by atoms with Gasteiger partial charge in [-0.2, -0.15) is 0 Å². The van der Waals surface area contributed by atoms with Crippen molar-refractivity contribution in [2.75, 3.05) is 0 Å². The van der Waals surface area contributed by atoms with Crippen molar-refractivity contribution in [1.29, 1.82) is 0 Å². The summed E-state index contributed by atoms with van der Waals surface area (Å²) in [7, 11) is 0. The molecule has 11 rings (SSSR count). The van der Waals surface area contributed by atoms with E-state index in [1.54, 1.807) is 0 Å². The Labute approximate surface area is 279 Å². The second-order valence-electron chi connectivity index (χ2n) is 14.0. The molecule has 0 spiro atoms. The molecule has 8 aromatic carbocycles. The van der Waals surface area contributed by atoms with Gasteiger partial charge in [-0.05, 0) is 90.0 Å². The largest absolute Gasteiger partial charge is 0.309 e. The molecule has 0 fully saturated rings. The predicted octanol–water partition coefficient (Wildman–Crippen LogP) is 12.7. The van der Waals surface area contributed by atoms with Crippen molar-refractivity contribution in [2.45, 2.75) is 19.3 Å². The molecular formula is C47H31N. The van der Waals surface area contributed by atoms with Gasteiger partial charge >= 0.3 is 0 Å². The highest BCUT2D eigenvalue weighted by Crippen LogP contribution is 2.54. The van der Waals surface area contributed by atoms with Gasteiger partial charge in [0.1, 0.15) is 0 Å². The third-order valence-corrected chi connectivity index (χ3v) is 11.4. The molecule has 1 nitrogen and oxygen atoms in total. The Hall–Kier alpha value is -5.92. The van der Waals surface area contributed by atoms with Crippen LogP contribution in [-0.4, -0.2) is 4.57 Å². The Kier molecular flexibility index (Phi) is 4.97. The Morgan fingerprint density at radius 3 is 1.77 bits per heavy atom. The van der Waals surface area contributed by atoms with Gasteiger partial charge in [0.2, 0.25) is 0 Å². The average molecular weight is 610 g/mol. The molecule has 1 aromatic heterocycles. The highest BCUT2D eigenvalue weighted by molar-refractivity contribution is 6.21. The van der Waals surface area contributed by atoms with Crippen LogP contribution in [0.1, 0.15) is 25.0 Å². The van der Waals surface area contributed by atoms with Crippen molar-refractivity contribution < 1.29 is 0 Å². The van der Waals surface area contributed by atoms with E-state index in [0.717, 1.165) is 0 Å². The van der Waals surface area contributed by atoms with Gasteiger partial charge in [-0.1, -0.05) is 147 Å². The summed E-state index contributed by atoms with van der Waals surface area (Å²) in [5, 5.41) is 7.85. The smallest absolute Gasteiger partial charge is 0.0547 e. The standard InChI is InChI=1S/C47H31N/c1-47(2)39-20-9-7-16-37(39)45-40(47)25-27-43-46(45)38-17-8-10-21-41(38)48(43)42-26-24-31(28-12-5-6-15-33(28)42)32-22-23-36-30-14-4-3-13-29(30)34-18-11-19-35(32)44(34)36/h3-27H,1-2H3. The zero-order chi connectivity index (χ0) is 31.7. The van der Waals surface area contributed by atoms with Gasteiger partial charge in [0, 0.05) is 21.6 Å². The molecule has 0 aliphatic heterocycles. The minimum absolute atomic E-state index is 0.0430. The highest BCUT2D eigenvalue weighted by Gasteiger charge is 2.37. The molecule has 1 heteroatoms. The molecule has 0 saturated heterocycles. The molecule has 9 aromatic rings. The van der Waals surface area contributed by atoms with Gasteiger partial charge in [0.15, 0.2) is 0 Å². The lowest BCUT2D eigenvalue weighted by Crippen LogP contribution is -2.14. The Balaban J connectivity index is 1.20. The topological polar surface area (TPSA) is 4.93 Å². The highest BCUT2D eigenvalue weighted by atomic mass is 15.0. The van der Waals surface area contributed by atoms with Crippen LogP contribution >= 0.6 is 0 Å². The first-order valence-electron chi connectivity index (χ1n) is 17.0. The molecule has 1 heterocycles. The fourth-order valence-electron chi connectivity index (χ4n) is 9.27. The van der Waals surface area contributed by atoms with E-state index in [1.165, 1.54) is 105 Å². The van der Waals surface area contributed by atoms with Crippen molar-refractivity contribution in [3.8, 4) is 50.2 Å². The van der Waals surface area contributed by atoms with Gasteiger partial charge in [0.05, 0.1) is 16.7 Å². The second kappa shape index (κ2) is 9.12. The first-order chi connectivity index (χ1) is 23.6. The summed E-state index contributed by atoms with van der Waals surface area (Å²) in [6.45, 7) is 4.74. The minimum Gasteiger partial charge on any atom is -0.309 e. The summed E-state index contributed by atoms with van der Waals surface area (Å²) in [4.78, 5) is 0. The fourth-order valence-corrected chi connectivity index (χ4v) is 9.27. The van der Waals surface area contributed by atoms with Crippen LogP contribution in [0.4, 0.5) is 0 Å². The maximum atomic E-state index is 2.51. The third-order valence-electron chi connectivity index (χ3n) is 11.4. The monoisotopic (exact) mass is 609 g/mol. The number of fused-ring (bicyclic) bond motifs is 11. The molecule has 2 aliphatic carbocycles. The van der Waals surface area contributed by atoms with Crippen LogP contribution in [0.15, 0.2) is 152 Å². The van der Waals surface area contributed by atoms with Gasteiger partial charge in [-0.25, -0.2) is 0 Å². The Morgan fingerprint density at radius 2 is 0.938 bits per heavy atom. The van der Waals surface area contributed by atoms with E-state index in [1.807, 2.05) is 0 Å². The maximum absolute atomic E-state index is 2.51. The SMILES string of the molecule is CC1(C)c2ccccc2-c2c1ccc1c2c2ccccc2n1-c1ccc(-c2ccc3c4c(cccc24)-c2ccccc2-3)c2ccccc12. The normalized spacial score (nSPS) is 13.8. The number of rotatable bonds is 2. The summed E-state index contributed by atoms with van der Waals surface area (Å²) >= 11 is 0. The van der Waals surface area contributed by atoms with Crippen LogP contribution in [0, 0.1) is 0 Å². The van der Waals surface area contributed by atoms with Crippen molar-refractivity contribution in [3.05, 3.63) is 163 Å². The van der Waals surface area contributed by atoms with Crippen LogP contribution in [0.2, 0.25) is 0 Å². The fraction of sp³-hybridized carbons (Fsp3) is 0.0638. The predicted molar refractivity (Wildman–Crippen MR) is 203 cm³/mol. The molecule has 0 radical (unpaired) electrons. The van der Waals surface area contributed by atoms with E-state index in [-0.39, 0.29) is 5.41 Å². The molecule has 0 N–H and O–H groups in total. The molecule has 0 saturated carbocycles. The zero-order valence-corrected chi connectivity index (χ0v) is 26.9. The molecule has 0 unspecified atom stereocenters. The number of nitrogens with zero attached hydrogens (tertiary/aromatic N) is 1. The van der Waals surface area contributed by atoms with E-state index in [0.29, 0.717) is 0 Å². The third kappa shape index (κ3) is 3.16. The molecule has 0 bridgehead atoms. The second-order valence-corrected chi connectivity index (χ2v) is 14.0. The number of hydrogen-bond acceptors (Lipinski definition) is 0. The van der Waals surface area contributed by atoms with Crippen LogP contribution < -0.4 is 0 Å². The van der Waals surface area contributed by atoms with Crippen molar-refractivity contribution in [2.24, 2.45) is 0 Å². The number of para-hydroxylation sites is 1. The van der Waals surface area contributed by atoms with Crippen molar-refractivity contribution in [3.63, 3.8) is 0 Å². The van der Waals surface area contributed by atoms with Gasteiger partial charge in [-0.15, -0.1) is 0 Å². The van der Waals surface area contributed by atoms with Crippen LogP contribution in [0.3, 0.4) is 0 Å². The molecular weight excluding hydrogens is 579 g/mol. The average Bonchev–Trinajstić information content (AvgIpc) is 3.73. The van der Waals surface area contributed by atoms with Crippen molar-refractivity contribution >= 4 is 43.4 Å². The quantitative estimate of drug-likeness (QED) is 0.184. The number of aromatic nitrogens is 1. The molecule has 224 valence electrons. The summed E-state index contributed by atoms with van der Waals surface area (Å²) < 4.78 is 2.51. The van der Waals surface area contributed by atoms with Gasteiger partial charge < -0.3 is 4.57 Å². The van der Waals surface area contributed by atoms with E-state index in [2.05, 4.69) is 170 Å². The Bertz CT molecular complexity index is 2830.